The fourth-order valence-corrected chi connectivity index (χ4v) is 3.54. The van der Waals surface area contributed by atoms with Gasteiger partial charge in [0.05, 0.1) is 11.6 Å². The lowest BCUT2D eigenvalue weighted by molar-refractivity contribution is -0.126. The van der Waals surface area contributed by atoms with Gasteiger partial charge < -0.3 is 10.6 Å². The molecule has 1 heterocycles. The zero-order valence-corrected chi connectivity index (χ0v) is 13.4. The Morgan fingerprint density at radius 2 is 1.87 bits per heavy atom. The summed E-state index contributed by atoms with van der Waals surface area (Å²) >= 11 is 1.61. The second-order valence-corrected chi connectivity index (χ2v) is 6.52. The molecule has 0 saturated carbocycles. The maximum Gasteiger partial charge on any atom is 0.228 e. The van der Waals surface area contributed by atoms with Crippen LogP contribution in [0.25, 0.3) is 0 Å². The van der Waals surface area contributed by atoms with Gasteiger partial charge >= 0.3 is 0 Å². The number of carbonyl (C=O) groups excluding carboxylic acids is 2. The molecule has 3 rings (SSSR count). The van der Waals surface area contributed by atoms with E-state index in [9.17, 15) is 9.59 Å². The Hall–Kier alpha value is -2.27. The molecule has 0 saturated heterocycles. The number of rotatable bonds is 4. The van der Waals surface area contributed by atoms with Crippen molar-refractivity contribution in [2.45, 2.75) is 17.9 Å². The molecule has 4 nitrogen and oxygen atoms in total. The molecule has 2 amide bonds. The first-order chi connectivity index (χ1) is 11.2. The van der Waals surface area contributed by atoms with Crippen molar-refractivity contribution in [3.63, 3.8) is 0 Å². The summed E-state index contributed by atoms with van der Waals surface area (Å²) in [4.78, 5) is 25.4. The van der Waals surface area contributed by atoms with Crippen LogP contribution in [0.4, 0.5) is 5.69 Å². The normalized spacial score (nSPS) is 16.9. The first-order valence-corrected chi connectivity index (χ1v) is 8.54. The standard InChI is InChI=1S/C18H18N2O2S/c21-17(19-11-13-6-2-1-3-7-13)10-14-12-23-16-9-5-4-8-15(16)20-18(14)22/h1-9,14H,10-12H2,(H,19,21)(H,20,22)/t14-/m0/s1. The van der Waals surface area contributed by atoms with E-state index in [1.54, 1.807) is 11.8 Å². The lowest BCUT2D eigenvalue weighted by Gasteiger charge is -2.12. The van der Waals surface area contributed by atoms with Crippen LogP contribution in [0.3, 0.4) is 0 Å². The van der Waals surface area contributed by atoms with Crippen molar-refractivity contribution in [2.24, 2.45) is 5.92 Å². The molecule has 0 unspecified atom stereocenters. The van der Waals surface area contributed by atoms with Gasteiger partial charge in [0.15, 0.2) is 0 Å². The Kier molecular flexibility index (Phi) is 4.98. The molecule has 2 aromatic rings. The highest BCUT2D eigenvalue weighted by molar-refractivity contribution is 7.99. The lowest BCUT2D eigenvalue weighted by atomic mass is 10.1. The number of benzene rings is 2. The monoisotopic (exact) mass is 326 g/mol. The van der Waals surface area contributed by atoms with E-state index in [0.29, 0.717) is 12.3 Å². The van der Waals surface area contributed by atoms with Crippen LogP contribution >= 0.6 is 11.8 Å². The Morgan fingerprint density at radius 3 is 2.70 bits per heavy atom. The molecule has 0 radical (unpaired) electrons. The number of hydrogen-bond acceptors (Lipinski definition) is 3. The number of hydrogen-bond donors (Lipinski definition) is 2. The third-order valence-corrected chi connectivity index (χ3v) is 4.96. The molecule has 0 fully saturated rings. The number of para-hydroxylation sites is 1. The van der Waals surface area contributed by atoms with Gasteiger partial charge in [-0.1, -0.05) is 42.5 Å². The minimum Gasteiger partial charge on any atom is -0.352 e. The minimum atomic E-state index is -0.317. The predicted octanol–water partition coefficient (Wildman–Crippen LogP) is 3.05. The summed E-state index contributed by atoms with van der Waals surface area (Å²) in [5.74, 6) is 0.114. The predicted molar refractivity (Wildman–Crippen MR) is 92.2 cm³/mol. The highest BCUT2D eigenvalue weighted by Crippen LogP contribution is 2.33. The van der Waals surface area contributed by atoms with E-state index in [-0.39, 0.29) is 24.2 Å². The average Bonchev–Trinajstić information content (AvgIpc) is 2.73. The van der Waals surface area contributed by atoms with Crippen LogP contribution in [0.5, 0.6) is 0 Å². The van der Waals surface area contributed by atoms with Gasteiger partial charge in [-0.25, -0.2) is 0 Å². The van der Waals surface area contributed by atoms with Crippen LogP contribution in [0, 0.1) is 5.92 Å². The van der Waals surface area contributed by atoms with Gasteiger partial charge in [-0.15, -0.1) is 11.8 Å². The minimum absolute atomic E-state index is 0.0858. The van der Waals surface area contributed by atoms with Gasteiger partial charge in [-0.05, 0) is 17.7 Å². The first kappa shape index (κ1) is 15.6. The van der Waals surface area contributed by atoms with Gasteiger partial charge in [-0.3, -0.25) is 9.59 Å². The Labute approximate surface area is 139 Å². The summed E-state index contributed by atoms with van der Waals surface area (Å²) in [6, 6.07) is 17.5. The van der Waals surface area contributed by atoms with Crippen LogP contribution in [-0.4, -0.2) is 17.6 Å². The third kappa shape index (κ3) is 4.13. The summed E-state index contributed by atoms with van der Waals surface area (Å²) in [6.45, 7) is 0.487. The van der Waals surface area contributed by atoms with Gasteiger partial charge in [0.25, 0.3) is 0 Å². The summed E-state index contributed by atoms with van der Waals surface area (Å²) in [5.41, 5.74) is 1.88. The molecule has 1 aliphatic heterocycles. The Balaban J connectivity index is 1.56. The number of nitrogens with one attached hydrogen (secondary N) is 2. The highest BCUT2D eigenvalue weighted by Gasteiger charge is 2.26. The first-order valence-electron chi connectivity index (χ1n) is 7.55. The summed E-state index contributed by atoms with van der Waals surface area (Å²) in [7, 11) is 0. The van der Waals surface area contributed by atoms with Crippen LogP contribution in [0.15, 0.2) is 59.5 Å². The zero-order valence-electron chi connectivity index (χ0n) is 12.6. The number of carbonyl (C=O) groups is 2. The van der Waals surface area contributed by atoms with Gasteiger partial charge in [0.2, 0.25) is 11.8 Å². The highest BCUT2D eigenvalue weighted by atomic mass is 32.2. The fraction of sp³-hybridized carbons (Fsp3) is 0.222. The second-order valence-electron chi connectivity index (χ2n) is 5.46. The summed E-state index contributed by atoms with van der Waals surface area (Å²) in [6.07, 6.45) is 0.208. The number of anilines is 1. The van der Waals surface area contributed by atoms with Crippen molar-refractivity contribution in [1.29, 1.82) is 0 Å². The van der Waals surface area contributed by atoms with Crippen LogP contribution in [0.1, 0.15) is 12.0 Å². The molecule has 1 atom stereocenters. The molecule has 0 aliphatic carbocycles. The van der Waals surface area contributed by atoms with Crippen molar-refractivity contribution >= 4 is 29.3 Å². The van der Waals surface area contributed by atoms with E-state index in [0.717, 1.165) is 16.1 Å². The van der Waals surface area contributed by atoms with Crippen molar-refractivity contribution in [3.05, 3.63) is 60.2 Å². The number of amides is 2. The summed E-state index contributed by atoms with van der Waals surface area (Å²) in [5, 5.41) is 5.79. The largest absolute Gasteiger partial charge is 0.352 e. The molecule has 2 aromatic carbocycles. The molecule has 0 aromatic heterocycles. The van der Waals surface area contributed by atoms with Crippen molar-refractivity contribution in [3.8, 4) is 0 Å². The summed E-state index contributed by atoms with van der Waals surface area (Å²) < 4.78 is 0. The topological polar surface area (TPSA) is 58.2 Å². The zero-order chi connectivity index (χ0) is 16.1. The molecule has 1 aliphatic rings. The van der Waals surface area contributed by atoms with Crippen molar-refractivity contribution < 1.29 is 9.59 Å². The molecular formula is C18H18N2O2S. The molecule has 2 N–H and O–H groups in total. The van der Waals surface area contributed by atoms with E-state index >= 15 is 0 Å². The molecule has 5 heteroatoms. The van der Waals surface area contributed by atoms with Gasteiger partial charge in [0.1, 0.15) is 0 Å². The third-order valence-electron chi connectivity index (χ3n) is 3.72. The molecule has 118 valence electrons. The molecule has 0 bridgehead atoms. The number of thioether (sulfide) groups is 1. The number of fused-ring (bicyclic) bond motifs is 1. The van der Waals surface area contributed by atoms with Crippen LogP contribution in [-0.2, 0) is 16.1 Å². The Morgan fingerprint density at radius 1 is 1.13 bits per heavy atom. The maximum atomic E-state index is 12.3. The van der Waals surface area contributed by atoms with E-state index < -0.39 is 0 Å². The average molecular weight is 326 g/mol. The van der Waals surface area contributed by atoms with Crippen molar-refractivity contribution in [1.82, 2.24) is 5.32 Å². The fourth-order valence-electron chi connectivity index (χ4n) is 2.44. The van der Waals surface area contributed by atoms with Gasteiger partial charge in [-0.2, -0.15) is 0 Å². The SMILES string of the molecule is O=C(C[C@H]1CSc2ccccc2NC1=O)NCc1ccccc1. The lowest BCUT2D eigenvalue weighted by Crippen LogP contribution is -2.31. The van der Waals surface area contributed by atoms with Crippen molar-refractivity contribution in [2.75, 3.05) is 11.1 Å². The van der Waals surface area contributed by atoms with Crippen LogP contribution < -0.4 is 10.6 Å². The van der Waals surface area contributed by atoms with E-state index in [1.165, 1.54) is 0 Å². The van der Waals surface area contributed by atoms with Crippen LogP contribution in [0.2, 0.25) is 0 Å². The van der Waals surface area contributed by atoms with E-state index in [1.807, 2.05) is 54.6 Å². The Bertz CT molecular complexity index is 703. The molecular weight excluding hydrogens is 308 g/mol. The maximum absolute atomic E-state index is 12.3. The van der Waals surface area contributed by atoms with E-state index in [2.05, 4.69) is 10.6 Å². The van der Waals surface area contributed by atoms with Gasteiger partial charge in [0, 0.05) is 23.6 Å². The smallest absolute Gasteiger partial charge is 0.228 e. The second kappa shape index (κ2) is 7.33. The quantitative estimate of drug-likeness (QED) is 0.908. The molecule has 0 spiro atoms. The molecule has 23 heavy (non-hydrogen) atoms. The van der Waals surface area contributed by atoms with E-state index in [4.69, 9.17) is 0 Å².